The van der Waals surface area contributed by atoms with Gasteiger partial charge in [0.25, 0.3) is 0 Å². The maximum Gasteiger partial charge on any atom is 0.339 e. The van der Waals surface area contributed by atoms with Gasteiger partial charge in [-0.25, -0.2) is 14.4 Å². The van der Waals surface area contributed by atoms with E-state index >= 15 is 0 Å². The van der Waals surface area contributed by atoms with E-state index in [0.717, 1.165) is 0 Å². The Labute approximate surface area is 204 Å². The monoisotopic (exact) mass is 494 g/mol. The summed E-state index contributed by atoms with van der Waals surface area (Å²) in [6, 6.07) is 5.80. The summed E-state index contributed by atoms with van der Waals surface area (Å²) in [6.07, 6.45) is -2.50. The quantitative estimate of drug-likeness (QED) is 0.224. The molecule has 0 aliphatic carbocycles. The number of carbonyl (C=O) groups excluding carboxylic acids is 4. The molecule has 2 N–H and O–H groups in total. The molecule has 0 bridgehead atoms. The first-order valence-corrected chi connectivity index (χ1v) is 11.2. The molecule has 194 valence electrons. The van der Waals surface area contributed by atoms with Crippen LogP contribution in [0.2, 0.25) is 0 Å². The summed E-state index contributed by atoms with van der Waals surface area (Å²) < 4.78 is 19.9. The third-order valence-electron chi connectivity index (χ3n) is 4.35. The fraction of sp³-hybridized carbons (Fsp3) is 0.520. The Kier molecular flexibility index (Phi) is 12.7. The highest BCUT2D eigenvalue weighted by molar-refractivity contribution is 6.03. The van der Waals surface area contributed by atoms with Crippen LogP contribution in [0.25, 0.3) is 0 Å². The molecule has 0 saturated carbocycles. The maximum absolute atomic E-state index is 12.4. The Morgan fingerprint density at radius 3 is 1.80 bits per heavy atom. The van der Waals surface area contributed by atoms with E-state index in [9.17, 15) is 29.4 Å². The number of carbonyl (C=O) groups is 4. The second kappa shape index (κ2) is 14.9. The number of esters is 4. The highest BCUT2D eigenvalue weighted by Crippen LogP contribution is 2.14. The Bertz CT molecular complexity index is 890. The molecular weight excluding hydrogens is 460 g/mol. The van der Waals surface area contributed by atoms with E-state index in [1.54, 1.807) is 13.8 Å². The minimum absolute atomic E-state index is 0.0537. The van der Waals surface area contributed by atoms with Gasteiger partial charge in [0.2, 0.25) is 0 Å². The third-order valence-corrected chi connectivity index (χ3v) is 4.35. The van der Waals surface area contributed by atoms with Crippen molar-refractivity contribution in [1.82, 2.24) is 0 Å². The van der Waals surface area contributed by atoms with Crippen LogP contribution >= 0.6 is 0 Å². The van der Waals surface area contributed by atoms with Crippen molar-refractivity contribution in [3.63, 3.8) is 0 Å². The van der Waals surface area contributed by atoms with Gasteiger partial charge >= 0.3 is 23.9 Å². The number of hydrogen-bond acceptors (Lipinski definition) is 10. The zero-order valence-electron chi connectivity index (χ0n) is 20.5. The predicted octanol–water partition coefficient (Wildman–Crippen LogP) is 2.21. The summed E-state index contributed by atoms with van der Waals surface area (Å²) in [7, 11) is 0. The zero-order valence-corrected chi connectivity index (χ0v) is 20.5. The van der Waals surface area contributed by atoms with E-state index in [4.69, 9.17) is 18.9 Å². The molecule has 1 aromatic carbocycles. The molecule has 35 heavy (non-hydrogen) atoms. The van der Waals surface area contributed by atoms with Gasteiger partial charge in [0.1, 0.15) is 25.9 Å². The van der Waals surface area contributed by atoms with Crippen LogP contribution in [0.5, 0.6) is 0 Å². The maximum atomic E-state index is 12.4. The van der Waals surface area contributed by atoms with Gasteiger partial charge in [-0.1, -0.05) is 32.6 Å². The van der Waals surface area contributed by atoms with Gasteiger partial charge in [-0.2, -0.15) is 0 Å². The van der Waals surface area contributed by atoms with E-state index in [0.29, 0.717) is 6.42 Å². The van der Waals surface area contributed by atoms with Gasteiger partial charge in [-0.15, -0.1) is 0 Å². The first-order chi connectivity index (χ1) is 16.4. The molecule has 2 atom stereocenters. The standard InChI is InChI=1S/C25H34O10/c1-15(2)10-18(26)12-33-24(30)20-8-6-7-9-21(20)25(31)34-14-19(27)13-32-22(28)11-17(5)23(29)35-16(3)4/h6-9,15-16,18-19,26-27H,5,10-14H2,1-4H3. The molecule has 0 aliphatic rings. The van der Waals surface area contributed by atoms with E-state index in [2.05, 4.69) is 6.58 Å². The average Bonchev–Trinajstić information content (AvgIpc) is 2.78. The zero-order chi connectivity index (χ0) is 26.5. The lowest BCUT2D eigenvalue weighted by Gasteiger charge is -2.15. The van der Waals surface area contributed by atoms with Crippen LogP contribution in [-0.2, 0) is 28.5 Å². The van der Waals surface area contributed by atoms with Crippen molar-refractivity contribution in [1.29, 1.82) is 0 Å². The van der Waals surface area contributed by atoms with Crippen LogP contribution in [-0.4, -0.2) is 72.2 Å². The van der Waals surface area contributed by atoms with Crippen molar-refractivity contribution in [2.45, 2.75) is 58.8 Å². The molecular formula is C25H34O10. The van der Waals surface area contributed by atoms with Crippen molar-refractivity contribution < 1.29 is 48.3 Å². The normalized spacial score (nSPS) is 12.6. The molecule has 0 amide bonds. The lowest BCUT2D eigenvalue weighted by Crippen LogP contribution is -2.26. The molecule has 0 heterocycles. The van der Waals surface area contributed by atoms with Crippen molar-refractivity contribution in [3.05, 3.63) is 47.5 Å². The molecule has 0 fully saturated rings. The van der Waals surface area contributed by atoms with Crippen LogP contribution in [0.4, 0.5) is 0 Å². The molecule has 0 spiro atoms. The number of benzene rings is 1. The van der Waals surface area contributed by atoms with E-state index in [-0.39, 0.29) is 35.3 Å². The first kappa shape index (κ1) is 29.8. The molecule has 0 aliphatic heterocycles. The smallest absolute Gasteiger partial charge is 0.339 e. The highest BCUT2D eigenvalue weighted by Gasteiger charge is 2.22. The van der Waals surface area contributed by atoms with Crippen molar-refractivity contribution in [3.8, 4) is 0 Å². The Morgan fingerprint density at radius 1 is 0.829 bits per heavy atom. The van der Waals surface area contributed by atoms with Crippen molar-refractivity contribution in [2.24, 2.45) is 5.92 Å². The van der Waals surface area contributed by atoms with Crippen LogP contribution < -0.4 is 0 Å². The summed E-state index contributed by atoms with van der Waals surface area (Å²) in [5.41, 5.74) is -0.230. The molecule has 0 radical (unpaired) electrons. The summed E-state index contributed by atoms with van der Waals surface area (Å²) in [4.78, 5) is 48.3. The Balaban J connectivity index is 2.54. The lowest BCUT2D eigenvalue weighted by atomic mass is 10.1. The van der Waals surface area contributed by atoms with Crippen LogP contribution in [0.15, 0.2) is 36.4 Å². The fourth-order valence-corrected chi connectivity index (χ4v) is 2.78. The Hall–Kier alpha value is -3.24. The SMILES string of the molecule is C=C(CC(=O)OCC(O)COC(=O)c1ccccc1C(=O)OCC(O)CC(C)C)C(=O)OC(C)C. The second-order valence-corrected chi connectivity index (χ2v) is 8.60. The molecule has 1 rings (SSSR count). The largest absolute Gasteiger partial charge is 0.463 e. The van der Waals surface area contributed by atoms with Crippen LogP contribution in [0, 0.1) is 5.92 Å². The fourth-order valence-electron chi connectivity index (χ4n) is 2.78. The number of ether oxygens (including phenoxy) is 4. The Morgan fingerprint density at radius 2 is 1.31 bits per heavy atom. The molecule has 0 saturated heterocycles. The van der Waals surface area contributed by atoms with Crippen molar-refractivity contribution >= 4 is 23.9 Å². The van der Waals surface area contributed by atoms with E-state index in [1.165, 1.54) is 24.3 Å². The average molecular weight is 495 g/mol. The van der Waals surface area contributed by atoms with E-state index < -0.39 is 55.7 Å². The minimum Gasteiger partial charge on any atom is -0.463 e. The van der Waals surface area contributed by atoms with Crippen LogP contribution in [0.3, 0.4) is 0 Å². The summed E-state index contributed by atoms with van der Waals surface area (Å²) in [5.74, 6) is -3.01. The van der Waals surface area contributed by atoms with Gasteiger partial charge in [0, 0.05) is 5.57 Å². The van der Waals surface area contributed by atoms with E-state index in [1.807, 2.05) is 13.8 Å². The number of aliphatic hydroxyl groups is 2. The molecule has 10 heteroatoms. The van der Waals surface area contributed by atoms with Gasteiger partial charge in [-0.3, -0.25) is 4.79 Å². The lowest BCUT2D eigenvalue weighted by molar-refractivity contribution is -0.150. The van der Waals surface area contributed by atoms with Gasteiger partial charge in [0.05, 0.1) is 29.8 Å². The molecule has 1 aromatic rings. The number of hydrogen-bond donors (Lipinski definition) is 2. The first-order valence-electron chi connectivity index (χ1n) is 11.2. The van der Waals surface area contributed by atoms with Crippen LogP contribution in [0.1, 0.15) is 61.3 Å². The third kappa shape index (κ3) is 11.6. The molecule has 10 nitrogen and oxygen atoms in total. The van der Waals surface area contributed by atoms with Gasteiger partial charge < -0.3 is 29.2 Å². The highest BCUT2D eigenvalue weighted by atomic mass is 16.6. The van der Waals surface area contributed by atoms with Gasteiger partial charge in [0.15, 0.2) is 0 Å². The number of aliphatic hydroxyl groups excluding tert-OH is 2. The topological polar surface area (TPSA) is 146 Å². The predicted molar refractivity (Wildman–Crippen MR) is 124 cm³/mol. The number of rotatable bonds is 14. The summed E-state index contributed by atoms with van der Waals surface area (Å²) in [5, 5.41) is 19.8. The second-order valence-electron chi connectivity index (χ2n) is 8.60. The van der Waals surface area contributed by atoms with Crippen molar-refractivity contribution in [2.75, 3.05) is 19.8 Å². The molecule has 0 aromatic heterocycles. The summed E-state index contributed by atoms with van der Waals surface area (Å²) in [6.45, 7) is 9.40. The summed E-state index contributed by atoms with van der Waals surface area (Å²) >= 11 is 0. The minimum atomic E-state index is -1.34. The molecule has 2 unspecified atom stereocenters. The van der Waals surface area contributed by atoms with Gasteiger partial charge in [-0.05, 0) is 38.3 Å².